The van der Waals surface area contributed by atoms with E-state index in [4.69, 9.17) is 5.53 Å². The summed E-state index contributed by atoms with van der Waals surface area (Å²) in [6.07, 6.45) is 3.37. The summed E-state index contributed by atoms with van der Waals surface area (Å²) in [4.78, 5) is 14.1. The van der Waals surface area contributed by atoms with Crippen molar-refractivity contribution in [1.82, 2.24) is 0 Å². The third kappa shape index (κ3) is 1.79. The minimum atomic E-state index is -0.684. The van der Waals surface area contributed by atoms with Crippen molar-refractivity contribution in [3.63, 3.8) is 0 Å². The summed E-state index contributed by atoms with van der Waals surface area (Å²) < 4.78 is 0. The Kier molecular flexibility index (Phi) is 2.26. The number of allylic oxidation sites excluding steroid dienone is 2. The number of hydrogen-bond donors (Lipinski definition) is 0. The molecular weight excluding hydrogens is 166 g/mol. The molecule has 0 amide bonds. The van der Waals surface area contributed by atoms with Crippen LogP contribution in [-0.4, -0.2) is 11.3 Å². The van der Waals surface area contributed by atoms with Gasteiger partial charge in [0, 0.05) is 4.91 Å². The van der Waals surface area contributed by atoms with Gasteiger partial charge in [-0.3, -0.25) is 4.79 Å². The quantitative estimate of drug-likeness (QED) is 0.344. The fraction of sp³-hybridized carbons (Fsp3) is 0.444. The van der Waals surface area contributed by atoms with Gasteiger partial charge < -0.3 is 0 Å². The highest BCUT2D eigenvalue weighted by atomic mass is 16.1. The highest BCUT2D eigenvalue weighted by molar-refractivity contribution is 6.08. The van der Waals surface area contributed by atoms with Crippen LogP contribution < -0.4 is 0 Å². The Balaban J connectivity index is 3.19. The van der Waals surface area contributed by atoms with Crippen LogP contribution in [0.25, 0.3) is 10.4 Å². The molecular formula is C9H11N3O. The molecule has 0 saturated carbocycles. The van der Waals surface area contributed by atoms with Gasteiger partial charge in [-0.1, -0.05) is 17.3 Å². The maximum absolute atomic E-state index is 11.3. The van der Waals surface area contributed by atoms with E-state index in [1.807, 2.05) is 0 Å². The first kappa shape index (κ1) is 9.55. The minimum Gasteiger partial charge on any atom is -0.289 e. The summed E-state index contributed by atoms with van der Waals surface area (Å²) in [6.45, 7) is 5.22. The summed E-state index contributed by atoms with van der Waals surface area (Å²) >= 11 is 0. The van der Waals surface area contributed by atoms with E-state index in [2.05, 4.69) is 10.0 Å². The first-order valence-electron chi connectivity index (χ1n) is 3.98. The number of azide groups is 1. The Bertz CT molecular complexity index is 337. The molecule has 1 rings (SSSR count). The minimum absolute atomic E-state index is 0.0191. The molecule has 1 aliphatic rings. The van der Waals surface area contributed by atoms with Crippen LogP contribution in [0.3, 0.4) is 0 Å². The standard InChI is InChI=1S/C9H11N3O/c1-6-4-9(3,11-12-10)5-7(2)8(6)13/h4-5H,1-3H3. The van der Waals surface area contributed by atoms with Gasteiger partial charge in [0.05, 0.1) is 5.54 Å². The van der Waals surface area contributed by atoms with Crippen molar-refractivity contribution in [2.45, 2.75) is 26.3 Å². The van der Waals surface area contributed by atoms with Crippen LogP contribution in [0.1, 0.15) is 20.8 Å². The number of hydrogen-bond acceptors (Lipinski definition) is 2. The van der Waals surface area contributed by atoms with Crippen molar-refractivity contribution < 1.29 is 4.79 Å². The molecule has 1 aliphatic carbocycles. The molecule has 0 radical (unpaired) electrons. The number of Topliss-reactive ketones (excluding diaryl/α,β-unsaturated/α-hetero) is 1. The third-order valence-corrected chi connectivity index (χ3v) is 1.99. The van der Waals surface area contributed by atoms with Gasteiger partial charge in [-0.05, 0) is 37.4 Å². The van der Waals surface area contributed by atoms with Gasteiger partial charge in [0.2, 0.25) is 0 Å². The zero-order valence-electron chi connectivity index (χ0n) is 7.90. The molecule has 0 aromatic carbocycles. The Labute approximate surface area is 76.6 Å². The summed E-state index contributed by atoms with van der Waals surface area (Å²) in [6, 6.07) is 0. The Hall–Kier alpha value is -1.54. The van der Waals surface area contributed by atoms with Crippen LogP contribution in [0.2, 0.25) is 0 Å². The maximum Gasteiger partial charge on any atom is 0.183 e. The molecule has 4 heteroatoms. The molecule has 0 heterocycles. The van der Waals surface area contributed by atoms with Gasteiger partial charge in [0.15, 0.2) is 5.78 Å². The number of ketones is 1. The molecule has 0 fully saturated rings. The third-order valence-electron chi connectivity index (χ3n) is 1.99. The van der Waals surface area contributed by atoms with Gasteiger partial charge in [0.25, 0.3) is 0 Å². The highest BCUT2D eigenvalue weighted by Gasteiger charge is 2.25. The smallest absolute Gasteiger partial charge is 0.183 e. The van der Waals surface area contributed by atoms with Gasteiger partial charge in [-0.15, -0.1) is 0 Å². The van der Waals surface area contributed by atoms with E-state index in [1.165, 1.54) is 0 Å². The van der Waals surface area contributed by atoms with Crippen LogP contribution in [0.15, 0.2) is 28.4 Å². The molecule has 0 atom stereocenters. The van der Waals surface area contributed by atoms with Crippen molar-refractivity contribution in [2.24, 2.45) is 5.11 Å². The molecule has 0 spiro atoms. The summed E-state index contributed by atoms with van der Waals surface area (Å²) in [5, 5.41) is 3.63. The molecule has 0 saturated heterocycles. The lowest BCUT2D eigenvalue weighted by molar-refractivity contribution is -0.112. The van der Waals surface area contributed by atoms with Gasteiger partial charge in [0.1, 0.15) is 0 Å². The lowest BCUT2D eigenvalue weighted by atomic mass is 9.88. The average Bonchev–Trinajstić information content (AvgIpc) is 2.00. The Morgan fingerprint density at radius 1 is 1.38 bits per heavy atom. The predicted molar refractivity (Wildman–Crippen MR) is 50.1 cm³/mol. The van der Waals surface area contributed by atoms with E-state index in [9.17, 15) is 4.79 Å². The second-order valence-electron chi connectivity index (χ2n) is 3.40. The van der Waals surface area contributed by atoms with Gasteiger partial charge in [-0.25, -0.2) is 0 Å². The molecule has 68 valence electrons. The van der Waals surface area contributed by atoms with Crippen LogP contribution >= 0.6 is 0 Å². The highest BCUT2D eigenvalue weighted by Crippen LogP contribution is 2.25. The van der Waals surface area contributed by atoms with E-state index < -0.39 is 5.54 Å². The molecule has 4 nitrogen and oxygen atoms in total. The normalized spacial score (nSPS) is 20.1. The van der Waals surface area contributed by atoms with E-state index in [1.54, 1.807) is 32.9 Å². The number of nitrogens with zero attached hydrogens (tertiary/aromatic N) is 3. The second kappa shape index (κ2) is 3.07. The molecule has 13 heavy (non-hydrogen) atoms. The largest absolute Gasteiger partial charge is 0.289 e. The predicted octanol–water partition coefficient (Wildman–Crippen LogP) is 2.53. The topological polar surface area (TPSA) is 65.8 Å². The summed E-state index contributed by atoms with van der Waals surface area (Å²) in [5.41, 5.74) is 8.92. The average molecular weight is 177 g/mol. The lowest BCUT2D eigenvalue weighted by Crippen LogP contribution is -2.23. The van der Waals surface area contributed by atoms with E-state index >= 15 is 0 Å². The maximum atomic E-state index is 11.3. The van der Waals surface area contributed by atoms with Crippen molar-refractivity contribution in [3.8, 4) is 0 Å². The molecule has 0 aromatic heterocycles. The molecule has 0 bridgehead atoms. The van der Waals surface area contributed by atoms with Crippen molar-refractivity contribution >= 4 is 5.78 Å². The number of carbonyl (C=O) groups is 1. The van der Waals surface area contributed by atoms with Gasteiger partial charge >= 0.3 is 0 Å². The molecule has 0 unspecified atom stereocenters. The first-order valence-corrected chi connectivity index (χ1v) is 3.98. The second-order valence-corrected chi connectivity index (χ2v) is 3.40. The van der Waals surface area contributed by atoms with Crippen LogP contribution in [0, 0.1) is 0 Å². The summed E-state index contributed by atoms with van der Waals surface area (Å²) in [5.74, 6) is 0.0191. The Morgan fingerprint density at radius 3 is 2.23 bits per heavy atom. The van der Waals surface area contributed by atoms with Crippen LogP contribution in [0.5, 0.6) is 0 Å². The van der Waals surface area contributed by atoms with Crippen molar-refractivity contribution in [3.05, 3.63) is 33.7 Å². The molecule has 0 aromatic rings. The molecule has 0 N–H and O–H groups in total. The van der Waals surface area contributed by atoms with Crippen LogP contribution in [0.4, 0.5) is 0 Å². The van der Waals surface area contributed by atoms with E-state index in [0.717, 1.165) is 0 Å². The van der Waals surface area contributed by atoms with Crippen molar-refractivity contribution in [1.29, 1.82) is 0 Å². The SMILES string of the molecule is CC1=CC(C)(N=[N+]=[N-])C=C(C)C1=O. The number of rotatable bonds is 1. The monoisotopic (exact) mass is 177 g/mol. The fourth-order valence-corrected chi connectivity index (χ4v) is 1.51. The fourth-order valence-electron chi connectivity index (χ4n) is 1.51. The number of carbonyl (C=O) groups excluding carboxylic acids is 1. The van der Waals surface area contributed by atoms with Gasteiger partial charge in [-0.2, -0.15) is 0 Å². The first-order chi connectivity index (χ1) is 5.98. The van der Waals surface area contributed by atoms with E-state index in [0.29, 0.717) is 11.1 Å². The van der Waals surface area contributed by atoms with Crippen LogP contribution in [-0.2, 0) is 4.79 Å². The zero-order valence-corrected chi connectivity index (χ0v) is 7.90. The Morgan fingerprint density at radius 2 is 1.85 bits per heavy atom. The van der Waals surface area contributed by atoms with Crippen molar-refractivity contribution in [2.75, 3.05) is 0 Å². The summed E-state index contributed by atoms with van der Waals surface area (Å²) in [7, 11) is 0. The zero-order chi connectivity index (χ0) is 10.1. The van der Waals surface area contributed by atoms with E-state index in [-0.39, 0.29) is 5.78 Å². The molecule has 0 aliphatic heterocycles. The lowest BCUT2D eigenvalue weighted by Gasteiger charge is -2.21.